The average molecular weight is 398 g/mol. The van der Waals surface area contributed by atoms with Gasteiger partial charge in [-0.25, -0.2) is 8.42 Å². The van der Waals surface area contributed by atoms with Crippen LogP contribution >= 0.6 is 0 Å². The predicted molar refractivity (Wildman–Crippen MR) is 107 cm³/mol. The molecule has 0 saturated carbocycles. The van der Waals surface area contributed by atoms with Gasteiger partial charge in [-0.2, -0.15) is 4.31 Å². The molecule has 0 aliphatic carbocycles. The molecular weight excluding hydrogens is 376 g/mol. The van der Waals surface area contributed by atoms with E-state index in [4.69, 9.17) is 4.42 Å². The Labute approximate surface area is 164 Å². The number of amides is 1. The van der Waals surface area contributed by atoms with Crippen molar-refractivity contribution in [3.05, 3.63) is 65.4 Å². The van der Waals surface area contributed by atoms with Crippen LogP contribution in [0.25, 0.3) is 11.0 Å². The minimum atomic E-state index is -3.56. The molecule has 1 aliphatic rings. The monoisotopic (exact) mass is 398 g/mol. The van der Waals surface area contributed by atoms with Crippen molar-refractivity contribution in [2.45, 2.75) is 18.7 Å². The number of nitrogens with zero attached hydrogens (tertiary/aromatic N) is 2. The molecule has 1 aliphatic heterocycles. The van der Waals surface area contributed by atoms with Gasteiger partial charge in [-0.05, 0) is 49.2 Å². The molecular formula is C21H22N2O4S. The maximum atomic E-state index is 12.9. The lowest BCUT2D eigenvalue weighted by Gasteiger charge is -2.33. The highest BCUT2D eigenvalue weighted by molar-refractivity contribution is 7.89. The van der Waals surface area contributed by atoms with Crippen LogP contribution in [0.5, 0.6) is 0 Å². The van der Waals surface area contributed by atoms with Crippen LogP contribution in [0, 0.1) is 13.8 Å². The summed E-state index contributed by atoms with van der Waals surface area (Å²) in [7, 11) is -3.56. The Morgan fingerprint density at radius 2 is 1.64 bits per heavy atom. The van der Waals surface area contributed by atoms with Crippen molar-refractivity contribution < 1.29 is 17.6 Å². The Morgan fingerprint density at radius 3 is 2.32 bits per heavy atom. The summed E-state index contributed by atoms with van der Waals surface area (Å²) in [6, 6.07) is 14.4. The van der Waals surface area contributed by atoms with E-state index in [1.165, 1.54) is 4.31 Å². The van der Waals surface area contributed by atoms with E-state index in [1.54, 1.807) is 23.1 Å². The standard InChI is InChI=1S/C21H22N2O4S/c1-15-7-8-18(13-16(15)2)28(25,26)23-11-9-22(10-12-23)21(24)20-14-17-5-3-4-6-19(17)27-20/h3-8,13-14H,9-12H2,1-2H3. The zero-order valence-corrected chi connectivity index (χ0v) is 16.7. The fourth-order valence-corrected chi connectivity index (χ4v) is 4.91. The number of carbonyl (C=O) groups is 1. The third-order valence-electron chi connectivity index (χ3n) is 5.28. The lowest BCUT2D eigenvalue weighted by Crippen LogP contribution is -2.50. The van der Waals surface area contributed by atoms with Gasteiger partial charge in [-0.3, -0.25) is 4.79 Å². The van der Waals surface area contributed by atoms with Crippen LogP contribution in [0.15, 0.2) is 57.8 Å². The van der Waals surface area contributed by atoms with Gasteiger partial charge in [-0.15, -0.1) is 0 Å². The summed E-state index contributed by atoms with van der Waals surface area (Å²) in [6.45, 7) is 5.05. The van der Waals surface area contributed by atoms with E-state index in [2.05, 4.69) is 0 Å². The number of rotatable bonds is 3. The number of para-hydroxylation sites is 1. The van der Waals surface area contributed by atoms with E-state index < -0.39 is 10.0 Å². The Bertz CT molecular complexity index is 1110. The molecule has 0 unspecified atom stereocenters. The van der Waals surface area contributed by atoms with Crippen LogP contribution in [0.3, 0.4) is 0 Å². The molecule has 3 aromatic rings. The summed E-state index contributed by atoms with van der Waals surface area (Å²) in [6.07, 6.45) is 0. The number of piperazine rings is 1. The number of fused-ring (bicyclic) bond motifs is 1. The summed E-state index contributed by atoms with van der Waals surface area (Å²) in [5.41, 5.74) is 2.67. The molecule has 2 heterocycles. The molecule has 146 valence electrons. The van der Waals surface area contributed by atoms with Gasteiger partial charge in [-0.1, -0.05) is 24.3 Å². The molecule has 0 radical (unpaired) electrons. The van der Waals surface area contributed by atoms with Gasteiger partial charge in [0.2, 0.25) is 10.0 Å². The maximum Gasteiger partial charge on any atom is 0.289 e. The highest BCUT2D eigenvalue weighted by atomic mass is 32.2. The van der Waals surface area contributed by atoms with Crippen LogP contribution in [0.2, 0.25) is 0 Å². The Morgan fingerprint density at radius 1 is 0.929 bits per heavy atom. The second kappa shape index (κ2) is 7.07. The molecule has 0 atom stereocenters. The molecule has 6 nitrogen and oxygen atoms in total. The molecule has 2 aromatic carbocycles. The van der Waals surface area contributed by atoms with E-state index >= 15 is 0 Å². The van der Waals surface area contributed by atoms with Gasteiger partial charge in [0.05, 0.1) is 4.90 Å². The zero-order chi connectivity index (χ0) is 19.9. The fourth-order valence-electron chi connectivity index (χ4n) is 3.40. The largest absolute Gasteiger partial charge is 0.451 e. The van der Waals surface area contributed by atoms with Gasteiger partial charge in [0, 0.05) is 31.6 Å². The first-order valence-electron chi connectivity index (χ1n) is 9.21. The van der Waals surface area contributed by atoms with Crippen LogP contribution in [0.4, 0.5) is 0 Å². The van der Waals surface area contributed by atoms with Gasteiger partial charge < -0.3 is 9.32 Å². The van der Waals surface area contributed by atoms with Crippen molar-refractivity contribution in [2.24, 2.45) is 0 Å². The van der Waals surface area contributed by atoms with Crippen LogP contribution < -0.4 is 0 Å². The Hall–Kier alpha value is -2.64. The minimum absolute atomic E-state index is 0.209. The van der Waals surface area contributed by atoms with E-state index in [0.717, 1.165) is 16.5 Å². The first-order chi connectivity index (χ1) is 13.4. The predicted octanol–water partition coefficient (Wildman–Crippen LogP) is 3.20. The van der Waals surface area contributed by atoms with E-state index in [-0.39, 0.29) is 24.8 Å². The molecule has 1 saturated heterocycles. The highest BCUT2D eigenvalue weighted by Crippen LogP contribution is 2.23. The van der Waals surface area contributed by atoms with E-state index in [9.17, 15) is 13.2 Å². The summed E-state index contributed by atoms with van der Waals surface area (Å²) < 4.78 is 32.9. The Kier molecular flexibility index (Phi) is 4.72. The van der Waals surface area contributed by atoms with Gasteiger partial charge >= 0.3 is 0 Å². The van der Waals surface area contributed by atoms with Crippen molar-refractivity contribution in [2.75, 3.05) is 26.2 Å². The van der Waals surface area contributed by atoms with Crippen molar-refractivity contribution in [3.63, 3.8) is 0 Å². The first kappa shape index (κ1) is 18.7. The number of hydrogen-bond acceptors (Lipinski definition) is 4. The van der Waals surface area contributed by atoms with E-state index in [0.29, 0.717) is 23.6 Å². The smallest absolute Gasteiger partial charge is 0.289 e. The first-order valence-corrected chi connectivity index (χ1v) is 10.7. The summed E-state index contributed by atoms with van der Waals surface area (Å²) in [4.78, 5) is 14.7. The van der Waals surface area contributed by atoms with Crippen molar-refractivity contribution in [3.8, 4) is 0 Å². The third kappa shape index (κ3) is 3.31. The molecule has 1 fully saturated rings. The third-order valence-corrected chi connectivity index (χ3v) is 7.17. The second-order valence-electron chi connectivity index (χ2n) is 7.09. The number of aryl methyl sites for hydroxylation is 2. The molecule has 0 spiro atoms. The Balaban J connectivity index is 1.47. The molecule has 4 rings (SSSR count). The molecule has 28 heavy (non-hydrogen) atoms. The normalized spacial score (nSPS) is 15.9. The highest BCUT2D eigenvalue weighted by Gasteiger charge is 2.31. The number of sulfonamides is 1. The molecule has 1 aromatic heterocycles. The lowest BCUT2D eigenvalue weighted by molar-refractivity contribution is 0.0668. The quantitative estimate of drug-likeness (QED) is 0.679. The number of carbonyl (C=O) groups excluding carboxylic acids is 1. The molecule has 1 amide bonds. The van der Waals surface area contributed by atoms with Crippen molar-refractivity contribution in [1.82, 2.24) is 9.21 Å². The molecule has 0 bridgehead atoms. The average Bonchev–Trinajstić information content (AvgIpc) is 3.13. The topological polar surface area (TPSA) is 70.8 Å². The summed E-state index contributed by atoms with van der Waals surface area (Å²) in [5, 5.41) is 0.877. The maximum absolute atomic E-state index is 12.9. The number of benzene rings is 2. The van der Waals surface area contributed by atoms with Crippen LogP contribution in [-0.4, -0.2) is 49.7 Å². The minimum Gasteiger partial charge on any atom is -0.451 e. The fraction of sp³-hybridized carbons (Fsp3) is 0.286. The van der Waals surface area contributed by atoms with Crippen LogP contribution in [0.1, 0.15) is 21.7 Å². The SMILES string of the molecule is Cc1ccc(S(=O)(=O)N2CCN(C(=O)c3cc4ccccc4o3)CC2)cc1C. The summed E-state index contributed by atoms with van der Waals surface area (Å²) in [5.74, 6) is 0.0751. The van der Waals surface area contributed by atoms with Gasteiger partial charge in [0.15, 0.2) is 5.76 Å². The number of furan rings is 1. The second-order valence-corrected chi connectivity index (χ2v) is 9.03. The van der Waals surface area contributed by atoms with Crippen molar-refractivity contribution in [1.29, 1.82) is 0 Å². The van der Waals surface area contributed by atoms with Gasteiger partial charge in [0.1, 0.15) is 5.58 Å². The summed E-state index contributed by atoms with van der Waals surface area (Å²) >= 11 is 0. The van der Waals surface area contributed by atoms with Crippen LogP contribution in [-0.2, 0) is 10.0 Å². The molecule has 0 N–H and O–H groups in total. The van der Waals surface area contributed by atoms with Crippen molar-refractivity contribution >= 4 is 26.9 Å². The van der Waals surface area contributed by atoms with E-state index in [1.807, 2.05) is 44.2 Å². The van der Waals surface area contributed by atoms with Gasteiger partial charge in [0.25, 0.3) is 5.91 Å². The lowest BCUT2D eigenvalue weighted by atomic mass is 10.1. The number of hydrogen-bond donors (Lipinski definition) is 0. The zero-order valence-electron chi connectivity index (χ0n) is 15.9. The molecule has 7 heteroatoms.